The van der Waals surface area contributed by atoms with Crippen molar-refractivity contribution in [1.29, 1.82) is 0 Å². The van der Waals surface area contributed by atoms with Gasteiger partial charge in [0.15, 0.2) is 0 Å². The SMILES string of the molecule is CC(C)C(CNC1CC1)Cc1cccc(F)c1Br. The summed E-state index contributed by atoms with van der Waals surface area (Å²) >= 11 is 3.35. The van der Waals surface area contributed by atoms with Gasteiger partial charge in [-0.15, -0.1) is 0 Å². The Morgan fingerprint density at radius 1 is 1.39 bits per heavy atom. The molecule has 0 amide bonds. The summed E-state index contributed by atoms with van der Waals surface area (Å²) in [5, 5.41) is 3.58. The second-order valence-electron chi connectivity index (χ2n) is 5.60. The molecule has 0 bridgehead atoms. The Kier molecular flexibility index (Phi) is 4.79. The van der Waals surface area contributed by atoms with Crippen molar-refractivity contribution in [3.05, 3.63) is 34.1 Å². The lowest BCUT2D eigenvalue weighted by Crippen LogP contribution is -2.29. The molecule has 0 aromatic heterocycles. The Bertz CT molecular complexity index is 401. The molecule has 1 saturated carbocycles. The Morgan fingerprint density at radius 3 is 2.72 bits per heavy atom. The van der Waals surface area contributed by atoms with Crippen molar-refractivity contribution < 1.29 is 4.39 Å². The van der Waals surface area contributed by atoms with E-state index in [1.807, 2.05) is 6.07 Å². The Morgan fingerprint density at radius 2 is 2.11 bits per heavy atom. The fourth-order valence-electron chi connectivity index (χ4n) is 2.14. The van der Waals surface area contributed by atoms with Gasteiger partial charge in [0.1, 0.15) is 5.82 Å². The zero-order chi connectivity index (χ0) is 13.1. The minimum absolute atomic E-state index is 0.162. The number of nitrogens with one attached hydrogen (secondary N) is 1. The third-order valence-corrected chi connectivity index (χ3v) is 4.59. The third kappa shape index (κ3) is 3.79. The molecule has 0 saturated heterocycles. The summed E-state index contributed by atoms with van der Waals surface area (Å²) in [4.78, 5) is 0. The molecule has 2 rings (SSSR count). The molecule has 1 N–H and O–H groups in total. The monoisotopic (exact) mass is 313 g/mol. The molecule has 0 heterocycles. The van der Waals surface area contributed by atoms with Crippen LogP contribution >= 0.6 is 15.9 Å². The maximum Gasteiger partial charge on any atom is 0.137 e. The molecule has 1 fully saturated rings. The number of hydrogen-bond acceptors (Lipinski definition) is 1. The van der Waals surface area contributed by atoms with E-state index in [9.17, 15) is 4.39 Å². The molecule has 18 heavy (non-hydrogen) atoms. The molecule has 1 aromatic rings. The molecule has 1 aromatic carbocycles. The van der Waals surface area contributed by atoms with Gasteiger partial charge < -0.3 is 5.32 Å². The predicted octanol–water partition coefficient (Wildman–Crippen LogP) is 4.15. The lowest BCUT2D eigenvalue weighted by Gasteiger charge is -2.22. The van der Waals surface area contributed by atoms with Crippen LogP contribution in [0.3, 0.4) is 0 Å². The largest absolute Gasteiger partial charge is 0.314 e. The number of halogens is 2. The Hall–Kier alpha value is -0.410. The summed E-state index contributed by atoms with van der Waals surface area (Å²) in [6, 6.07) is 6.04. The third-order valence-electron chi connectivity index (χ3n) is 3.70. The molecule has 0 aliphatic heterocycles. The topological polar surface area (TPSA) is 12.0 Å². The van der Waals surface area contributed by atoms with Gasteiger partial charge in [0, 0.05) is 6.04 Å². The van der Waals surface area contributed by atoms with Crippen molar-refractivity contribution >= 4 is 15.9 Å². The average molecular weight is 314 g/mol. The number of benzene rings is 1. The van der Waals surface area contributed by atoms with Crippen molar-refractivity contribution in [1.82, 2.24) is 5.32 Å². The molecule has 0 radical (unpaired) electrons. The van der Waals surface area contributed by atoms with Crippen molar-refractivity contribution in [3.63, 3.8) is 0 Å². The first-order chi connectivity index (χ1) is 8.58. The van der Waals surface area contributed by atoms with Crippen LogP contribution in [-0.4, -0.2) is 12.6 Å². The Labute approximate surface area is 117 Å². The first-order valence-corrected chi connectivity index (χ1v) is 7.53. The van der Waals surface area contributed by atoms with E-state index < -0.39 is 0 Å². The molecular weight excluding hydrogens is 293 g/mol. The van der Waals surface area contributed by atoms with Crippen LogP contribution < -0.4 is 5.32 Å². The van der Waals surface area contributed by atoms with E-state index in [0.717, 1.165) is 24.6 Å². The lowest BCUT2D eigenvalue weighted by atomic mass is 9.89. The molecule has 3 heteroatoms. The summed E-state index contributed by atoms with van der Waals surface area (Å²) in [6.07, 6.45) is 3.55. The minimum atomic E-state index is -0.162. The van der Waals surface area contributed by atoms with Crippen LogP contribution in [0.5, 0.6) is 0 Å². The van der Waals surface area contributed by atoms with Gasteiger partial charge in [-0.3, -0.25) is 0 Å². The Balaban J connectivity index is 2.00. The van der Waals surface area contributed by atoms with Crippen molar-refractivity contribution in [3.8, 4) is 0 Å². The van der Waals surface area contributed by atoms with Crippen LogP contribution in [0, 0.1) is 17.7 Å². The second kappa shape index (κ2) is 6.16. The highest BCUT2D eigenvalue weighted by Crippen LogP contribution is 2.26. The zero-order valence-corrected chi connectivity index (χ0v) is 12.6. The van der Waals surface area contributed by atoms with E-state index in [1.54, 1.807) is 6.07 Å². The van der Waals surface area contributed by atoms with Gasteiger partial charge in [-0.05, 0) is 65.2 Å². The molecule has 1 unspecified atom stereocenters. The normalized spacial score (nSPS) is 17.2. The van der Waals surface area contributed by atoms with Crippen molar-refractivity contribution in [2.75, 3.05) is 6.54 Å². The number of hydrogen-bond donors (Lipinski definition) is 1. The average Bonchev–Trinajstić information content (AvgIpc) is 3.13. The zero-order valence-electron chi connectivity index (χ0n) is 11.0. The maximum absolute atomic E-state index is 13.5. The second-order valence-corrected chi connectivity index (χ2v) is 6.40. The van der Waals surface area contributed by atoms with Gasteiger partial charge in [0.2, 0.25) is 0 Å². The van der Waals surface area contributed by atoms with E-state index in [-0.39, 0.29) is 5.82 Å². The van der Waals surface area contributed by atoms with Gasteiger partial charge in [-0.25, -0.2) is 4.39 Å². The van der Waals surface area contributed by atoms with Gasteiger partial charge in [0.25, 0.3) is 0 Å². The highest BCUT2D eigenvalue weighted by Gasteiger charge is 2.23. The van der Waals surface area contributed by atoms with E-state index in [0.29, 0.717) is 16.3 Å². The van der Waals surface area contributed by atoms with Crippen LogP contribution in [0.1, 0.15) is 32.3 Å². The van der Waals surface area contributed by atoms with E-state index in [4.69, 9.17) is 0 Å². The first kappa shape index (κ1) is 14.0. The van der Waals surface area contributed by atoms with Crippen LogP contribution in [0.2, 0.25) is 0 Å². The summed E-state index contributed by atoms with van der Waals surface area (Å²) in [5.41, 5.74) is 1.08. The fourth-order valence-corrected chi connectivity index (χ4v) is 2.56. The smallest absolute Gasteiger partial charge is 0.137 e. The molecule has 1 nitrogen and oxygen atoms in total. The summed E-state index contributed by atoms with van der Waals surface area (Å²) in [6.45, 7) is 5.52. The summed E-state index contributed by atoms with van der Waals surface area (Å²) < 4.78 is 14.1. The van der Waals surface area contributed by atoms with Crippen molar-refractivity contribution in [2.45, 2.75) is 39.2 Å². The van der Waals surface area contributed by atoms with Crippen LogP contribution in [-0.2, 0) is 6.42 Å². The van der Waals surface area contributed by atoms with Crippen LogP contribution in [0.4, 0.5) is 4.39 Å². The molecule has 1 atom stereocenters. The fraction of sp³-hybridized carbons (Fsp3) is 0.600. The van der Waals surface area contributed by atoms with Gasteiger partial charge >= 0.3 is 0 Å². The maximum atomic E-state index is 13.5. The highest BCUT2D eigenvalue weighted by molar-refractivity contribution is 9.10. The van der Waals surface area contributed by atoms with E-state index in [2.05, 4.69) is 35.1 Å². The molecule has 100 valence electrons. The minimum Gasteiger partial charge on any atom is -0.314 e. The number of rotatable bonds is 6. The highest BCUT2D eigenvalue weighted by atomic mass is 79.9. The first-order valence-electron chi connectivity index (χ1n) is 6.74. The lowest BCUT2D eigenvalue weighted by molar-refractivity contribution is 0.358. The molecular formula is C15H21BrFN. The quantitative estimate of drug-likeness (QED) is 0.831. The summed E-state index contributed by atoms with van der Waals surface area (Å²) in [7, 11) is 0. The molecule has 0 spiro atoms. The summed E-state index contributed by atoms with van der Waals surface area (Å²) in [5.74, 6) is 1.00. The van der Waals surface area contributed by atoms with Gasteiger partial charge in [-0.2, -0.15) is 0 Å². The van der Waals surface area contributed by atoms with Crippen LogP contribution in [0.15, 0.2) is 22.7 Å². The van der Waals surface area contributed by atoms with E-state index in [1.165, 1.54) is 18.9 Å². The predicted molar refractivity (Wildman–Crippen MR) is 77.2 cm³/mol. The standard InChI is InChI=1S/C15H21BrFN/c1-10(2)12(9-18-13-6-7-13)8-11-4-3-5-14(17)15(11)16/h3-5,10,12-13,18H,6-9H2,1-2H3. The van der Waals surface area contributed by atoms with Gasteiger partial charge in [-0.1, -0.05) is 26.0 Å². The molecule has 1 aliphatic carbocycles. The van der Waals surface area contributed by atoms with Crippen LogP contribution in [0.25, 0.3) is 0 Å². The molecule has 1 aliphatic rings. The van der Waals surface area contributed by atoms with Crippen molar-refractivity contribution in [2.24, 2.45) is 11.8 Å². The van der Waals surface area contributed by atoms with Gasteiger partial charge in [0.05, 0.1) is 4.47 Å². The van der Waals surface area contributed by atoms with E-state index >= 15 is 0 Å².